The molecular weight excluding hydrogens is 574 g/mol. The maximum Gasteiger partial charge on any atom is 0.0597 e. The molecule has 0 N–H and O–H groups in total. The normalized spacial score (nSPS) is 13.1. The summed E-state index contributed by atoms with van der Waals surface area (Å²) < 4.78 is 2.43. The number of aromatic nitrogens is 1. The van der Waals surface area contributed by atoms with E-state index in [2.05, 4.69) is 162 Å². The number of hydrogen-bond acceptors (Lipinski definition) is 0. The summed E-state index contributed by atoms with van der Waals surface area (Å²) in [4.78, 5) is 1.24. The molecule has 1 nitrogen and oxygen atoms in total. The average molecular weight is 618 g/mol. The Balaban J connectivity index is 1.61. The van der Waals surface area contributed by atoms with Crippen molar-refractivity contribution in [1.82, 2.24) is 4.57 Å². The van der Waals surface area contributed by atoms with Crippen LogP contribution in [0.15, 0.2) is 108 Å². The van der Waals surface area contributed by atoms with E-state index in [1.165, 1.54) is 65.8 Å². The van der Waals surface area contributed by atoms with Crippen LogP contribution in [0, 0.1) is 0 Å². The van der Waals surface area contributed by atoms with Crippen molar-refractivity contribution < 1.29 is 0 Å². The van der Waals surface area contributed by atoms with E-state index in [0.29, 0.717) is 0 Å². The molecule has 0 fully saturated rings. The maximum absolute atomic E-state index is 6.94. The van der Waals surface area contributed by atoms with Gasteiger partial charge in [0.25, 0.3) is 0 Å². The van der Waals surface area contributed by atoms with Gasteiger partial charge >= 0.3 is 0 Å². The second kappa shape index (κ2) is 10.9. The topological polar surface area (TPSA) is 4.93 Å². The molecule has 0 aliphatic carbocycles. The summed E-state index contributed by atoms with van der Waals surface area (Å²) >= 11 is 6.94. The van der Waals surface area contributed by atoms with Gasteiger partial charge in [-0.1, -0.05) is 120 Å². The highest BCUT2D eigenvalue weighted by Gasteiger charge is 2.23. The van der Waals surface area contributed by atoms with Crippen molar-refractivity contribution in [3.63, 3.8) is 0 Å². The molecule has 0 amide bonds. The average Bonchev–Trinajstić information content (AvgIpc) is 3.28. The van der Waals surface area contributed by atoms with Crippen molar-refractivity contribution in [2.45, 2.75) is 57.3 Å². The molecule has 44 heavy (non-hydrogen) atoms. The summed E-state index contributed by atoms with van der Waals surface area (Å²) in [5, 5.41) is 3.34. The summed E-state index contributed by atoms with van der Waals surface area (Å²) in [6.45, 7) is 13.6. The molecule has 5 aromatic carbocycles. The van der Waals surface area contributed by atoms with E-state index in [9.17, 15) is 0 Å². The van der Waals surface area contributed by atoms with Crippen molar-refractivity contribution in [2.24, 2.45) is 0 Å². The molecule has 0 saturated carbocycles. The molecule has 6 aromatic rings. The van der Waals surface area contributed by atoms with Gasteiger partial charge in [-0.25, -0.2) is 10.0 Å². The van der Waals surface area contributed by atoms with Gasteiger partial charge in [-0.15, -0.1) is 0 Å². The Kier molecular flexibility index (Phi) is 7.54. The number of nitrogens with zero attached hydrogens (tertiary/aromatic N) is 1. The number of halogens is 1. The lowest BCUT2D eigenvalue weighted by molar-refractivity contribution is 0.590. The Bertz CT molecular complexity index is 1880. The SMILES string of the molecule is CC(C)(C)c1ccc(-c2ccc3c(c2)c2cc(-c4ccc(C(C)(C)C)cc4)ccc2n3-c2cccc(Cl)c2S(C)(C)C)cc1. The molecule has 0 radical (unpaired) electrons. The third-order valence-corrected chi connectivity index (χ3v) is 10.8. The molecule has 3 heteroatoms. The largest absolute Gasteiger partial charge is 0.308 e. The van der Waals surface area contributed by atoms with Crippen LogP contribution in [0.2, 0.25) is 5.02 Å². The number of rotatable bonds is 4. The van der Waals surface area contributed by atoms with Crippen molar-refractivity contribution in [3.05, 3.63) is 119 Å². The van der Waals surface area contributed by atoms with Crippen LogP contribution in [0.1, 0.15) is 52.7 Å². The highest BCUT2D eigenvalue weighted by molar-refractivity contribution is 8.32. The van der Waals surface area contributed by atoms with Crippen molar-refractivity contribution in [2.75, 3.05) is 18.8 Å². The van der Waals surface area contributed by atoms with Crippen LogP contribution in [-0.2, 0) is 10.8 Å². The maximum atomic E-state index is 6.94. The Labute approximate surface area is 270 Å². The van der Waals surface area contributed by atoms with Gasteiger partial charge in [-0.05, 0) is 99.4 Å². The van der Waals surface area contributed by atoms with Gasteiger partial charge in [0, 0.05) is 15.7 Å². The molecule has 0 aliphatic heterocycles. The first-order valence-corrected chi connectivity index (χ1v) is 18.6. The van der Waals surface area contributed by atoms with Gasteiger partial charge in [0.1, 0.15) is 0 Å². The van der Waals surface area contributed by atoms with E-state index in [0.717, 1.165) is 5.02 Å². The van der Waals surface area contributed by atoms with Crippen molar-refractivity contribution >= 4 is 43.4 Å². The molecule has 1 heterocycles. The Morgan fingerprint density at radius 2 is 0.932 bits per heavy atom. The molecule has 6 rings (SSSR count). The zero-order chi connectivity index (χ0) is 31.6. The van der Waals surface area contributed by atoms with E-state index < -0.39 is 10.0 Å². The van der Waals surface area contributed by atoms with Crippen LogP contribution >= 0.6 is 21.6 Å². The molecular formula is C41H44ClNS. The Hall–Kier alpha value is -3.46. The molecule has 0 saturated heterocycles. The van der Waals surface area contributed by atoms with Gasteiger partial charge < -0.3 is 4.57 Å². The van der Waals surface area contributed by atoms with Gasteiger partial charge in [-0.3, -0.25) is 0 Å². The molecule has 0 bridgehead atoms. The van der Waals surface area contributed by atoms with Crippen LogP contribution in [0.25, 0.3) is 49.7 Å². The first-order chi connectivity index (χ1) is 20.6. The van der Waals surface area contributed by atoms with Gasteiger partial charge in [0.2, 0.25) is 0 Å². The zero-order valence-corrected chi connectivity index (χ0v) is 29.1. The monoisotopic (exact) mass is 617 g/mol. The van der Waals surface area contributed by atoms with E-state index >= 15 is 0 Å². The number of hydrogen-bond donors (Lipinski definition) is 0. The molecule has 0 unspecified atom stereocenters. The zero-order valence-electron chi connectivity index (χ0n) is 27.5. The number of benzene rings is 5. The Morgan fingerprint density at radius 1 is 0.523 bits per heavy atom. The fraction of sp³-hybridized carbons (Fsp3) is 0.268. The molecule has 1 aromatic heterocycles. The predicted molar refractivity (Wildman–Crippen MR) is 198 cm³/mol. The molecule has 226 valence electrons. The van der Waals surface area contributed by atoms with Crippen LogP contribution in [0.3, 0.4) is 0 Å². The third-order valence-electron chi connectivity index (χ3n) is 8.73. The first-order valence-electron chi connectivity index (χ1n) is 15.4. The van der Waals surface area contributed by atoms with E-state index in [1.54, 1.807) is 0 Å². The third kappa shape index (κ3) is 5.59. The first kappa shape index (κ1) is 30.6. The summed E-state index contributed by atoms with van der Waals surface area (Å²) in [6, 6.07) is 38.4. The second-order valence-corrected chi connectivity index (χ2v) is 19.4. The smallest absolute Gasteiger partial charge is 0.0597 e. The van der Waals surface area contributed by atoms with Crippen LogP contribution in [-0.4, -0.2) is 23.3 Å². The lowest BCUT2D eigenvalue weighted by atomic mass is 9.86. The Morgan fingerprint density at radius 3 is 1.32 bits per heavy atom. The fourth-order valence-electron chi connectivity index (χ4n) is 6.25. The number of fused-ring (bicyclic) bond motifs is 3. The summed E-state index contributed by atoms with van der Waals surface area (Å²) in [5.41, 5.74) is 11.4. The van der Waals surface area contributed by atoms with E-state index in [1.807, 2.05) is 6.07 Å². The lowest BCUT2D eigenvalue weighted by Gasteiger charge is -2.30. The van der Waals surface area contributed by atoms with Crippen LogP contribution in [0.4, 0.5) is 0 Å². The highest BCUT2D eigenvalue weighted by atomic mass is 35.5. The lowest BCUT2D eigenvalue weighted by Crippen LogP contribution is -2.10. The van der Waals surface area contributed by atoms with Crippen LogP contribution < -0.4 is 0 Å². The van der Waals surface area contributed by atoms with Gasteiger partial charge in [-0.2, -0.15) is 0 Å². The highest BCUT2D eigenvalue weighted by Crippen LogP contribution is 2.53. The van der Waals surface area contributed by atoms with Gasteiger partial charge in [0.15, 0.2) is 0 Å². The van der Waals surface area contributed by atoms with Crippen molar-refractivity contribution in [3.8, 4) is 27.9 Å². The van der Waals surface area contributed by atoms with E-state index in [4.69, 9.17) is 11.6 Å². The van der Waals surface area contributed by atoms with E-state index in [-0.39, 0.29) is 10.8 Å². The standard InChI is InChI=1S/C41H44ClNS/c1-40(2,3)31-19-13-27(14-20-31)29-17-23-36-33(25-29)34-26-30(28-15-21-32(22-16-28)41(4,5)6)18-24-37(34)43(36)38-12-10-11-35(42)39(38)44(7,8)9/h10-26H,1-9H3. The van der Waals surface area contributed by atoms with Gasteiger partial charge in [0.05, 0.1) is 21.7 Å². The molecule has 0 spiro atoms. The summed E-state index contributed by atoms with van der Waals surface area (Å²) in [5.74, 6) is 0. The summed E-state index contributed by atoms with van der Waals surface area (Å²) in [6.07, 6.45) is 6.97. The van der Waals surface area contributed by atoms with Crippen molar-refractivity contribution in [1.29, 1.82) is 0 Å². The minimum absolute atomic E-state index is 0.126. The minimum Gasteiger partial charge on any atom is -0.308 e. The minimum atomic E-state index is -1.12. The fourth-order valence-corrected chi connectivity index (χ4v) is 8.55. The molecule has 0 aliphatic rings. The van der Waals surface area contributed by atoms with Crippen LogP contribution in [0.5, 0.6) is 0 Å². The predicted octanol–water partition coefficient (Wildman–Crippen LogP) is 12.4. The summed E-state index contributed by atoms with van der Waals surface area (Å²) in [7, 11) is -1.12. The molecule has 0 atom stereocenters. The second-order valence-electron chi connectivity index (χ2n) is 14.9. The quantitative estimate of drug-likeness (QED) is 0.185.